The molecule has 3 heterocycles. The molecular formula is C21H17FN6O. The molecular weight excluding hydrogens is 371 g/mol. The van der Waals surface area contributed by atoms with Gasteiger partial charge in [-0.1, -0.05) is 0 Å². The first kappa shape index (κ1) is 18.4. The topological polar surface area (TPSA) is 109 Å². The summed E-state index contributed by atoms with van der Waals surface area (Å²) in [6.07, 6.45) is 3.19. The third kappa shape index (κ3) is 3.34. The fourth-order valence-corrected chi connectivity index (χ4v) is 3.43. The number of nitrogens with two attached hydrogens (primary N) is 1. The van der Waals surface area contributed by atoms with Crippen molar-refractivity contribution in [1.29, 1.82) is 5.26 Å². The number of nitrogens with zero attached hydrogens (tertiary/aromatic N) is 4. The number of fused-ring (bicyclic) bond motifs is 1. The smallest absolute Gasteiger partial charge is 0.274 e. The fraction of sp³-hybridized carbons (Fsp3) is 0.143. The SMILES string of the molecule is C[C@@]1(c2cc(NC(=O)c3ccc(C#N)cn3)ccc2F)Cn2cccc2C(N)=N1. The molecule has 4 rings (SSSR count). The number of aromatic nitrogens is 2. The Balaban J connectivity index is 1.63. The monoisotopic (exact) mass is 388 g/mol. The Morgan fingerprint density at radius 1 is 1.34 bits per heavy atom. The van der Waals surface area contributed by atoms with Crippen LogP contribution in [0.3, 0.4) is 0 Å². The number of carbonyl (C=O) groups is 1. The van der Waals surface area contributed by atoms with E-state index in [1.54, 1.807) is 13.0 Å². The number of benzene rings is 1. The number of pyridine rings is 1. The van der Waals surface area contributed by atoms with Gasteiger partial charge in [0.25, 0.3) is 5.91 Å². The summed E-state index contributed by atoms with van der Waals surface area (Å²) in [4.78, 5) is 20.9. The normalized spacial score (nSPS) is 17.8. The summed E-state index contributed by atoms with van der Waals surface area (Å²) in [7, 11) is 0. The van der Waals surface area contributed by atoms with Crippen LogP contribution in [0.4, 0.5) is 10.1 Å². The Bertz CT molecular complexity index is 1170. The zero-order chi connectivity index (χ0) is 20.6. The lowest BCUT2D eigenvalue weighted by Gasteiger charge is -2.32. The quantitative estimate of drug-likeness (QED) is 0.719. The van der Waals surface area contributed by atoms with E-state index in [1.165, 1.54) is 30.5 Å². The first-order valence-electron chi connectivity index (χ1n) is 8.88. The second-order valence-electron chi connectivity index (χ2n) is 6.98. The molecule has 3 N–H and O–H groups in total. The molecule has 3 aromatic rings. The second kappa shape index (κ2) is 6.87. The number of nitriles is 1. The third-order valence-electron chi connectivity index (χ3n) is 4.87. The molecule has 0 saturated heterocycles. The molecule has 0 aliphatic carbocycles. The van der Waals surface area contributed by atoms with Gasteiger partial charge in [-0.15, -0.1) is 0 Å². The molecule has 1 aromatic carbocycles. The van der Waals surface area contributed by atoms with Crippen molar-refractivity contribution < 1.29 is 9.18 Å². The lowest BCUT2D eigenvalue weighted by Crippen LogP contribution is -2.37. The van der Waals surface area contributed by atoms with E-state index in [2.05, 4.69) is 15.3 Å². The molecule has 0 radical (unpaired) electrons. The van der Waals surface area contributed by atoms with Crippen molar-refractivity contribution in [3.63, 3.8) is 0 Å². The van der Waals surface area contributed by atoms with Crippen LogP contribution in [0, 0.1) is 17.1 Å². The minimum atomic E-state index is -0.923. The molecule has 0 spiro atoms. The number of anilines is 1. The Labute approximate surface area is 166 Å². The van der Waals surface area contributed by atoms with Crippen LogP contribution in [0.5, 0.6) is 0 Å². The van der Waals surface area contributed by atoms with E-state index in [1.807, 2.05) is 29.0 Å². The van der Waals surface area contributed by atoms with E-state index < -0.39 is 17.3 Å². The summed E-state index contributed by atoms with van der Waals surface area (Å²) in [5, 5.41) is 11.5. The number of halogens is 1. The first-order chi connectivity index (χ1) is 13.9. The molecule has 0 unspecified atom stereocenters. The number of nitrogens with one attached hydrogen (secondary N) is 1. The lowest BCUT2D eigenvalue weighted by molar-refractivity contribution is 0.102. The van der Waals surface area contributed by atoms with Crippen molar-refractivity contribution in [3.8, 4) is 6.07 Å². The predicted molar refractivity (Wildman–Crippen MR) is 106 cm³/mol. The van der Waals surface area contributed by atoms with Gasteiger partial charge in [-0.05, 0) is 49.4 Å². The molecule has 8 heteroatoms. The molecule has 1 aliphatic rings. The fourth-order valence-electron chi connectivity index (χ4n) is 3.43. The summed E-state index contributed by atoms with van der Waals surface area (Å²) >= 11 is 0. The highest BCUT2D eigenvalue weighted by Gasteiger charge is 2.34. The van der Waals surface area contributed by atoms with E-state index in [9.17, 15) is 9.18 Å². The zero-order valence-corrected chi connectivity index (χ0v) is 15.6. The molecule has 0 fully saturated rings. The Kier molecular flexibility index (Phi) is 4.35. The van der Waals surface area contributed by atoms with E-state index >= 15 is 0 Å². The van der Waals surface area contributed by atoms with Gasteiger partial charge in [-0.25, -0.2) is 9.37 Å². The maximum Gasteiger partial charge on any atom is 0.274 e. The highest BCUT2D eigenvalue weighted by Crippen LogP contribution is 2.35. The summed E-state index contributed by atoms with van der Waals surface area (Å²) in [6, 6.07) is 13.0. The van der Waals surface area contributed by atoms with Crippen molar-refractivity contribution in [3.05, 3.63) is 83.2 Å². The molecule has 1 amide bonds. The molecule has 2 aromatic heterocycles. The number of hydrogen-bond donors (Lipinski definition) is 2. The van der Waals surface area contributed by atoms with Gasteiger partial charge in [0.15, 0.2) is 0 Å². The maximum absolute atomic E-state index is 14.7. The maximum atomic E-state index is 14.7. The van der Waals surface area contributed by atoms with E-state index in [0.29, 0.717) is 29.2 Å². The highest BCUT2D eigenvalue weighted by atomic mass is 19.1. The minimum absolute atomic E-state index is 0.151. The third-order valence-corrected chi connectivity index (χ3v) is 4.87. The van der Waals surface area contributed by atoms with Gasteiger partial charge in [0.1, 0.15) is 29.0 Å². The lowest BCUT2D eigenvalue weighted by atomic mass is 9.90. The number of rotatable bonds is 3. The van der Waals surface area contributed by atoms with Crippen molar-refractivity contribution in [1.82, 2.24) is 9.55 Å². The standard InChI is InChI=1S/C21H17FN6O/c1-21(12-28-8-2-3-18(28)19(24)27-21)15-9-14(5-6-16(15)22)26-20(29)17-7-4-13(10-23)11-25-17/h2-9,11H,12H2,1H3,(H2,24,27)(H,26,29)/t21-/m0/s1. The van der Waals surface area contributed by atoms with Crippen LogP contribution in [0.25, 0.3) is 0 Å². The Hall–Kier alpha value is -3.99. The molecule has 29 heavy (non-hydrogen) atoms. The van der Waals surface area contributed by atoms with Gasteiger partial charge in [-0.2, -0.15) is 5.26 Å². The van der Waals surface area contributed by atoms with Crippen LogP contribution in [0.2, 0.25) is 0 Å². The number of amidine groups is 1. The number of hydrogen-bond acceptors (Lipinski definition) is 5. The Morgan fingerprint density at radius 2 is 2.17 bits per heavy atom. The van der Waals surface area contributed by atoms with Crippen molar-refractivity contribution in [2.75, 3.05) is 5.32 Å². The highest BCUT2D eigenvalue weighted by molar-refractivity contribution is 6.03. The first-order valence-corrected chi connectivity index (χ1v) is 8.88. The van der Waals surface area contributed by atoms with Crippen LogP contribution >= 0.6 is 0 Å². The average molecular weight is 388 g/mol. The molecule has 1 atom stereocenters. The number of amides is 1. The number of carbonyl (C=O) groups excluding carboxylic acids is 1. The Morgan fingerprint density at radius 3 is 2.90 bits per heavy atom. The van der Waals surface area contributed by atoms with Gasteiger partial charge in [0, 0.05) is 23.6 Å². The molecule has 0 bridgehead atoms. The van der Waals surface area contributed by atoms with Gasteiger partial charge < -0.3 is 15.6 Å². The molecule has 144 valence electrons. The van der Waals surface area contributed by atoms with Gasteiger partial charge >= 0.3 is 0 Å². The molecule has 0 saturated carbocycles. The van der Waals surface area contributed by atoms with Crippen LogP contribution in [0.15, 0.2) is 59.9 Å². The number of aliphatic imine (C=N–C) groups is 1. The average Bonchev–Trinajstić information content (AvgIpc) is 3.18. The second-order valence-corrected chi connectivity index (χ2v) is 6.98. The van der Waals surface area contributed by atoms with Crippen molar-refractivity contribution >= 4 is 17.4 Å². The van der Waals surface area contributed by atoms with Crippen molar-refractivity contribution in [2.45, 2.75) is 19.0 Å². The van der Waals surface area contributed by atoms with E-state index in [4.69, 9.17) is 11.0 Å². The molecule has 1 aliphatic heterocycles. The summed E-state index contributed by atoms with van der Waals surface area (Å²) in [6.45, 7) is 2.22. The minimum Gasteiger partial charge on any atom is -0.382 e. The van der Waals surface area contributed by atoms with Crippen LogP contribution in [-0.2, 0) is 12.1 Å². The van der Waals surface area contributed by atoms with Crippen molar-refractivity contribution in [2.24, 2.45) is 10.7 Å². The van der Waals surface area contributed by atoms with Gasteiger partial charge in [0.05, 0.1) is 17.8 Å². The van der Waals surface area contributed by atoms with Crippen LogP contribution in [0.1, 0.15) is 34.2 Å². The molecule has 7 nitrogen and oxygen atoms in total. The van der Waals surface area contributed by atoms with E-state index in [0.717, 1.165) is 5.69 Å². The summed E-state index contributed by atoms with van der Waals surface area (Å²) in [5.41, 5.74) is 7.19. The van der Waals surface area contributed by atoms with Gasteiger partial charge in [-0.3, -0.25) is 9.79 Å². The van der Waals surface area contributed by atoms with Crippen LogP contribution in [-0.4, -0.2) is 21.3 Å². The van der Waals surface area contributed by atoms with Gasteiger partial charge in [0.2, 0.25) is 0 Å². The summed E-state index contributed by atoms with van der Waals surface area (Å²) < 4.78 is 16.6. The summed E-state index contributed by atoms with van der Waals surface area (Å²) in [5.74, 6) is -0.565. The zero-order valence-electron chi connectivity index (χ0n) is 15.6. The predicted octanol–water partition coefficient (Wildman–Crippen LogP) is 2.78. The van der Waals surface area contributed by atoms with Crippen LogP contribution < -0.4 is 11.1 Å². The van der Waals surface area contributed by atoms with E-state index in [-0.39, 0.29) is 5.69 Å². The largest absolute Gasteiger partial charge is 0.382 e.